The van der Waals surface area contributed by atoms with Gasteiger partial charge in [-0.25, -0.2) is 0 Å². The summed E-state index contributed by atoms with van der Waals surface area (Å²) in [6.45, 7) is 6.54. The van der Waals surface area contributed by atoms with Crippen LogP contribution in [0.4, 0.5) is 0 Å². The van der Waals surface area contributed by atoms with Crippen LogP contribution in [0.3, 0.4) is 0 Å². The van der Waals surface area contributed by atoms with Crippen molar-refractivity contribution < 1.29 is 9.90 Å². The fraction of sp³-hybridized carbons (Fsp3) is 0.933. The number of carboxylic acid groups (broad SMARTS) is 1. The molecule has 0 aromatic heterocycles. The molecule has 0 amide bonds. The maximum Gasteiger partial charge on any atom is 0.309 e. The predicted molar refractivity (Wildman–Crippen MR) is 71.0 cm³/mol. The fourth-order valence-electron chi connectivity index (χ4n) is 3.59. The molecular formula is C15H28O2. The summed E-state index contributed by atoms with van der Waals surface area (Å²) >= 11 is 0. The zero-order valence-corrected chi connectivity index (χ0v) is 11.7. The summed E-state index contributed by atoms with van der Waals surface area (Å²) in [7, 11) is 0. The Bertz CT molecular complexity index is 247. The first kappa shape index (κ1) is 14.5. The maximum atomic E-state index is 11.8. The second-order valence-corrected chi connectivity index (χ2v) is 6.01. The van der Waals surface area contributed by atoms with E-state index in [2.05, 4.69) is 20.8 Å². The van der Waals surface area contributed by atoms with E-state index >= 15 is 0 Å². The first-order chi connectivity index (χ1) is 8.04. The van der Waals surface area contributed by atoms with Gasteiger partial charge in [0.15, 0.2) is 0 Å². The molecule has 17 heavy (non-hydrogen) atoms. The highest BCUT2D eigenvalue weighted by molar-refractivity contribution is 5.75. The standard InChI is InChI=1S/C15H28O2/c1-4-5-10-15(14(16)17)11-8-6-7-9-13(15)12(2)3/h12-13H,4-11H2,1-3H3,(H,16,17). The number of hydrogen-bond acceptors (Lipinski definition) is 1. The molecule has 2 atom stereocenters. The van der Waals surface area contributed by atoms with Gasteiger partial charge in [0, 0.05) is 0 Å². The van der Waals surface area contributed by atoms with Crippen LogP contribution in [0.15, 0.2) is 0 Å². The number of carboxylic acids is 1. The molecule has 0 aliphatic heterocycles. The second-order valence-electron chi connectivity index (χ2n) is 6.01. The van der Waals surface area contributed by atoms with E-state index in [4.69, 9.17) is 0 Å². The summed E-state index contributed by atoms with van der Waals surface area (Å²) in [5.74, 6) is 0.321. The topological polar surface area (TPSA) is 37.3 Å². The molecule has 0 radical (unpaired) electrons. The van der Waals surface area contributed by atoms with Gasteiger partial charge in [0.25, 0.3) is 0 Å². The summed E-state index contributed by atoms with van der Waals surface area (Å²) in [5, 5.41) is 9.76. The van der Waals surface area contributed by atoms with Gasteiger partial charge in [-0.15, -0.1) is 0 Å². The largest absolute Gasteiger partial charge is 0.481 e. The minimum atomic E-state index is -0.536. The number of unbranched alkanes of at least 4 members (excludes halogenated alkanes) is 1. The molecule has 0 aromatic rings. The summed E-state index contributed by atoms with van der Waals surface area (Å²) < 4.78 is 0. The van der Waals surface area contributed by atoms with Crippen LogP contribution >= 0.6 is 0 Å². The lowest BCUT2D eigenvalue weighted by Gasteiger charge is -2.38. The Hall–Kier alpha value is -0.530. The van der Waals surface area contributed by atoms with Gasteiger partial charge in [-0.2, -0.15) is 0 Å². The van der Waals surface area contributed by atoms with Crippen LogP contribution in [0.25, 0.3) is 0 Å². The lowest BCUT2D eigenvalue weighted by atomic mass is 9.65. The maximum absolute atomic E-state index is 11.8. The molecule has 0 heterocycles. The average molecular weight is 240 g/mol. The summed E-state index contributed by atoms with van der Waals surface area (Å²) in [6, 6.07) is 0. The molecule has 1 saturated carbocycles. The third-order valence-electron chi connectivity index (χ3n) is 4.55. The van der Waals surface area contributed by atoms with Crippen molar-refractivity contribution in [1.29, 1.82) is 0 Å². The van der Waals surface area contributed by atoms with E-state index in [-0.39, 0.29) is 0 Å². The van der Waals surface area contributed by atoms with E-state index in [0.717, 1.165) is 38.5 Å². The summed E-state index contributed by atoms with van der Waals surface area (Å²) in [4.78, 5) is 11.8. The van der Waals surface area contributed by atoms with Gasteiger partial charge < -0.3 is 5.11 Å². The van der Waals surface area contributed by atoms with Gasteiger partial charge in [-0.05, 0) is 31.1 Å². The Labute approximate surface area is 106 Å². The first-order valence-electron chi connectivity index (χ1n) is 7.28. The van der Waals surface area contributed by atoms with Crippen LogP contribution in [-0.4, -0.2) is 11.1 Å². The van der Waals surface area contributed by atoms with Gasteiger partial charge in [0.05, 0.1) is 5.41 Å². The second kappa shape index (κ2) is 6.42. The van der Waals surface area contributed by atoms with Gasteiger partial charge in [-0.3, -0.25) is 4.79 Å². The lowest BCUT2D eigenvalue weighted by molar-refractivity contribution is -0.155. The Kier molecular flexibility index (Phi) is 5.48. The molecule has 1 aliphatic carbocycles. The van der Waals surface area contributed by atoms with Crippen molar-refractivity contribution in [2.75, 3.05) is 0 Å². The minimum Gasteiger partial charge on any atom is -0.481 e. The SMILES string of the molecule is CCCCC1(C(=O)O)CCCCCC1C(C)C. The zero-order chi connectivity index (χ0) is 12.9. The molecule has 0 saturated heterocycles. The average Bonchev–Trinajstić information content (AvgIpc) is 2.49. The molecule has 1 N–H and O–H groups in total. The molecule has 0 bridgehead atoms. The van der Waals surface area contributed by atoms with Crippen LogP contribution in [-0.2, 0) is 4.79 Å². The lowest BCUT2D eigenvalue weighted by Crippen LogP contribution is -2.40. The van der Waals surface area contributed by atoms with Gasteiger partial charge >= 0.3 is 5.97 Å². The van der Waals surface area contributed by atoms with E-state index in [9.17, 15) is 9.90 Å². The number of carbonyl (C=O) groups is 1. The highest BCUT2D eigenvalue weighted by atomic mass is 16.4. The summed E-state index contributed by atoms with van der Waals surface area (Å²) in [6.07, 6.45) is 8.55. The highest BCUT2D eigenvalue weighted by Crippen LogP contribution is 2.47. The highest BCUT2D eigenvalue weighted by Gasteiger charge is 2.46. The van der Waals surface area contributed by atoms with Crippen molar-refractivity contribution in [3.05, 3.63) is 0 Å². The molecule has 1 aliphatic rings. The van der Waals surface area contributed by atoms with Crippen molar-refractivity contribution >= 4 is 5.97 Å². The molecule has 1 rings (SSSR count). The van der Waals surface area contributed by atoms with Gasteiger partial charge in [-0.1, -0.05) is 52.9 Å². The van der Waals surface area contributed by atoms with Crippen molar-refractivity contribution in [2.24, 2.45) is 17.3 Å². The summed E-state index contributed by atoms with van der Waals surface area (Å²) in [5.41, 5.74) is -0.430. The zero-order valence-electron chi connectivity index (χ0n) is 11.7. The van der Waals surface area contributed by atoms with Crippen LogP contribution in [0.5, 0.6) is 0 Å². The Morgan fingerprint density at radius 3 is 2.59 bits per heavy atom. The molecule has 100 valence electrons. The normalized spacial score (nSPS) is 30.2. The molecule has 2 heteroatoms. The van der Waals surface area contributed by atoms with E-state index in [0.29, 0.717) is 11.8 Å². The van der Waals surface area contributed by atoms with Crippen LogP contribution < -0.4 is 0 Å². The van der Waals surface area contributed by atoms with Crippen LogP contribution in [0.2, 0.25) is 0 Å². The monoisotopic (exact) mass is 240 g/mol. The van der Waals surface area contributed by atoms with E-state index in [1.807, 2.05) is 0 Å². The first-order valence-corrected chi connectivity index (χ1v) is 7.28. The van der Waals surface area contributed by atoms with E-state index in [1.165, 1.54) is 12.8 Å². The fourth-order valence-corrected chi connectivity index (χ4v) is 3.59. The smallest absolute Gasteiger partial charge is 0.309 e. The third kappa shape index (κ3) is 3.23. The molecule has 0 aromatic carbocycles. The minimum absolute atomic E-state index is 0.369. The molecule has 0 spiro atoms. The van der Waals surface area contributed by atoms with E-state index < -0.39 is 11.4 Å². The Morgan fingerprint density at radius 2 is 2.06 bits per heavy atom. The molecule has 1 fully saturated rings. The van der Waals surface area contributed by atoms with Crippen molar-refractivity contribution in [3.63, 3.8) is 0 Å². The molecule has 2 nitrogen and oxygen atoms in total. The van der Waals surface area contributed by atoms with E-state index in [1.54, 1.807) is 0 Å². The van der Waals surface area contributed by atoms with Gasteiger partial charge in [0.1, 0.15) is 0 Å². The Morgan fingerprint density at radius 1 is 1.35 bits per heavy atom. The van der Waals surface area contributed by atoms with Gasteiger partial charge in [0.2, 0.25) is 0 Å². The van der Waals surface area contributed by atoms with Crippen molar-refractivity contribution in [2.45, 2.75) is 72.1 Å². The third-order valence-corrected chi connectivity index (χ3v) is 4.55. The van der Waals surface area contributed by atoms with Crippen LogP contribution in [0.1, 0.15) is 72.1 Å². The number of hydrogen-bond donors (Lipinski definition) is 1. The quantitative estimate of drug-likeness (QED) is 0.719. The van der Waals surface area contributed by atoms with Crippen molar-refractivity contribution in [3.8, 4) is 0 Å². The predicted octanol–water partition coefficient (Wildman–Crippen LogP) is 4.48. The van der Waals surface area contributed by atoms with Crippen molar-refractivity contribution in [1.82, 2.24) is 0 Å². The Balaban J connectivity index is 2.96. The number of rotatable bonds is 5. The number of aliphatic carboxylic acids is 1. The molecule has 2 unspecified atom stereocenters. The van der Waals surface area contributed by atoms with Crippen LogP contribution in [0, 0.1) is 17.3 Å². The molecular weight excluding hydrogens is 212 g/mol.